The van der Waals surface area contributed by atoms with Crippen molar-refractivity contribution in [3.05, 3.63) is 23.4 Å². The molecule has 4 saturated carbocycles. The Bertz CT molecular complexity index is 743. The Hall–Kier alpha value is -1.66. The molecule has 27 heavy (non-hydrogen) atoms. The van der Waals surface area contributed by atoms with Crippen molar-refractivity contribution in [2.45, 2.75) is 50.7 Å². The summed E-state index contributed by atoms with van der Waals surface area (Å²) in [5.74, 6) is 2.52. The summed E-state index contributed by atoms with van der Waals surface area (Å²) in [6.45, 7) is 5.96. The first kappa shape index (κ1) is 17.4. The van der Waals surface area contributed by atoms with Gasteiger partial charge < -0.3 is 15.7 Å². The molecule has 5 fully saturated rings. The van der Waals surface area contributed by atoms with E-state index in [-0.39, 0.29) is 5.60 Å². The number of amides is 1. The fourth-order valence-electron chi connectivity index (χ4n) is 6.76. The minimum absolute atomic E-state index is 0.340. The highest BCUT2D eigenvalue weighted by Gasteiger charge is 2.56. The fourth-order valence-corrected chi connectivity index (χ4v) is 6.76. The standard InChI is InChI=1S/C21H30N4O2/c1-13-2-3-17(19(22)26)23-20(13)25-6-4-24(5-7-25)18-15-8-14-9-16(18)12-21(27,10-14)11-15/h2-3,14-16,18,27H,4-12H2,1H3,(H2,22,26). The predicted octanol–water partition coefficient (Wildman–Crippen LogP) is 1.55. The first-order valence-corrected chi connectivity index (χ1v) is 10.4. The lowest BCUT2D eigenvalue weighted by Crippen LogP contribution is -2.64. The van der Waals surface area contributed by atoms with E-state index in [1.54, 1.807) is 6.07 Å². The smallest absolute Gasteiger partial charge is 0.267 e. The van der Waals surface area contributed by atoms with Crippen molar-refractivity contribution in [3.8, 4) is 0 Å². The van der Waals surface area contributed by atoms with Crippen molar-refractivity contribution in [2.75, 3.05) is 31.1 Å². The van der Waals surface area contributed by atoms with Crippen LogP contribution in [0.4, 0.5) is 5.82 Å². The maximum absolute atomic E-state index is 11.5. The van der Waals surface area contributed by atoms with Gasteiger partial charge in [-0.05, 0) is 68.4 Å². The SMILES string of the molecule is Cc1ccc(C(N)=O)nc1N1CCN(C2C3CC4CC2CC(O)(C4)C3)CC1. The van der Waals surface area contributed by atoms with Crippen molar-refractivity contribution >= 4 is 11.7 Å². The van der Waals surface area contributed by atoms with Crippen LogP contribution in [0.25, 0.3) is 0 Å². The van der Waals surface area contributed by atoms with Gasteiger partial charge in [0.1, 0.15) is 11.5 Å². The summed E-state index contributed by atoms with van der Waals surface area (Å²) in [7, 11) is 0. The number of carbonyl (C=O) groups excluding carboxylic acids is 1. The third-order valence-corrected chi connectivity index (χ3v) is 7.55. The number of aryl methyl sites for hydroxylation is 1. The molecule has 1 amide bonds. The first-order chi connectivity index (χ1) is 12.9. The largest absolute Gasteiger partial charge is 0.390 e. The Kier molecular flexibility index (Phi) is 3.99. The van der Waals surface area contributed by atoms with Crippen LogP contribution in [0, 0.1) is 24.7 Å². The highest BCUT2D eigenvalue weighted by Crippen LogP contribution is 2.57. The average Bonchev–Trinajstić information content (AvgIpc) is 2.61. The Morgan fingerprint density at radius 2 is 1.81 bits per heavy atom. The number of hydrogen-bond acceptors (Lipinski definition) is 5. The molecule has 6 nitrogen and oxygen atoms in total. The third kappa shape index (κ3) is 2.93. The number of primary amides is 1. The second kappa shape index (κ2) is 6.17. The minimum atomic E-state index is -0.471. The van der Waals surface area contributed by atoms with Crippen molar-refractivity contribution < 1.29 is 9.90 Å². The van der Waals surface area contributed by atoms with Gasteiger partial charge in [-0.15, -0.1) is 0 Å². The van der Waals surface area contributed by atoms with Crippen molar-refractivity contribution in [3.63, 3.8) is 0 Å². The highest BCUT2D eigenvalue weighted by atomic mass is 16.3. The van der Waals surface area contributed by atoms with E-state index in [1.807, 2.05) is 13.0 Å². The summed E-state index contributed by atoms with van der Waals surface area (Å²) in [5.41, 5.74) is 6.48. The lowest BCUT2D eigenvalue weighted by Gasteiger charge is -2.61. The Morgan fingerprint density at radius 3 is 2.41 bits per heavy atom. The molecule has 4 aliphatic carbocycles. The van der Waals surface area contributed by atoms with Gasteiger partial charge in [0.15, 0.2) is 0 Å². The van der Waals surface area contributed by atoms with Crippen LogP contribution in [0.3, 0.4) is 0 Å². The number of pyridine rings is 1. The van der Waals surface area contributed by atoms with E-state index >= 15 is 0 Å². The molecule has 146 valence electrons. The zero-order valence-corrected chi connectivity index (χ0v) is 16.1. The molecule has 2 unspecified atom stereocenters. The van der Waals surface area contributed by atoms with Crippen LogP contribution >= 0.6 is 0 Å². The number of hydrogen-bond donors (Lipinski definition) is 2. The van der Waals surface area contributed by atoms with Crippen LogP contribution in [0.1, 0.15) is 48.2 Å². The molecule has 6 heteroatoms. The quantitative estimate of drug-likeness (QED) is 0.844. The van der Waals surface area contributed by atoms with Gasteiger partial charge in [-0.25, -0.2) is 4.98 Å². The molecule has 3 N–H and O–H groups in total. The monoisotopic (exact) mass is 370 g/mol. The van der Waals surface area contributed by atoms with Crippen LogP contribution in [0.5, 0.6) is 0 Å². The zero-order chi connectivity index (χ0) is 18.8. The fraction of sp³-hybridized carbons (Fsp3) is 0.714. The van der Waals surface area contributed by atoms with E-state index in [2.05, 4.69) is 14.8 Å². The number of aliphatic hydroxyl groups is 1. The van der Waals surface area contributed by atoms with Gasteiger partial charge in [0.25, 0.3) is 5.91 Å². The van der Waals surface area contributed by atoms with Crippen LogP contribution in [-0.2, 0) is 0 Å². The molecule has 5 aliphatic rings. The zero-order valence-electron chi connectivity index (χ0n) is 16.1. The van der Waals surface area contributed by atoms with Crippen LogP contribution in [0.15, 0.2) is 12.1 Å². The second-order valence-electron chi connectivity index (χ2n) is 9.41. The minimum Gasteiger partial charge on any atom is -0.390 e. The van der Waals surface area contributed by atoms with Gasteiger partial charge in [-0.1, -0.05) is 6.07 Å². The maximum atomic E-state index is 11.5. The first-order valence-electron chi connectivity index (χ1n) is 10.4. The van der Waals surface area contributed by atoms with Crippen LogP contribution in [-0.4, -0.2) is 58.7 Å². The van der Waals surface area contributed by atoms with E-state index in [0.717, 1.165) is 62.7 Å². The Balaban J connectivity index is 1.29. The molecular formula is C21H30N4O2. The maximum Gasteiger partial charge on any atom is 0.267 e. The third-order valence-electron chi connectivity index (χ3n) is 7.55. The Morgan fingerprint density at radius 1 is 1.15 bits per heavy atom. The van der Waals surface area contributed by atoms with Gasteiger partial charge in [0.05, 0.1) is 5.60 Å². The molecular weight excluding hydrogens is 340 g/mol. The predicted molar refractivity (Wildman–Crippen MR) is 104 cm³/mol. The normalized spacial score (nSPS) is 38.4. The topological polar surface area (TPSA) is 82.7 Å². The van der Waals surface area contributed by atoms with Gasteiger partial charge in [0.2, 0.25) is 0 Å². The summed E-state index contributed by atoms with van der Waals surface area (Å²) < 4.78 is 0. The molecule has 0 spiro atoms. The van der Waals surface area contributed by atoms with Crippen molar-refractivity contribution in [1.82, 2.24) is 9.88 Å². The van der Waals surface area contributed by atoms with Gasteiger partial charge >= 0.3 is 0 Å². The van der Waals surface area contributed by atoms with Gasteiger partial charge in [0, 0.05) is 32.2 Å². The molecule has 2 heterocycles. The number of nitrogens with two attached hydrogens (primary N) is 1. The Labute approximate surface area is 160 Å². The average molecular weight is 370 g/mol. The number of nitrogens with zero attached hydrogens (tertiary/aromatic N) is 3. The lowest BCUT2D eigenvalue weighted by atomic mass is 9.52. The summed E-state index contributed by atoms with van der Waals surface area (Å²) in [4.78, 5) is 21.0. The van der Waals surface area contributed by atoms with Crippen LogP contribution < -0.4 is 10.6 Å². The number of carbonyl (C=O) groups is 1. The molecule has 6 rings (SSSR count). The molecule has 2 atom stereocenters. The number of anilines is 1. The van der Waals surface area contributed by atoms with E-state index in [1.165, 1.54) is 12.8 Å². The van der Waals surface area contributed by atoms with Crippen LogP contribution in [0.2, 0.25) is 0 Å². The molecule has 0 aromatic carbocycles. The van der Waals surface area contributed by atoms with Crippen molar-refractivity contribution in [1.29, 1.82) is 0 Å². The van der Waals surface area contributed by atoms with Gasteiger partial charge in [-0.2, -0.15) is 0 Å². The summed E-state index contributed by atoms with van der Waals surface area (Å²) in [5, 5.41) is 10.8. The van der Waals surface area contributed by atoms with Crippen molar-refractivity contribution in [2.24, 2.45) is 23.5 Å². The molecule has 0 radical (unpaired) electrons. The molecule has 1 aromatic rings. The lowest BCUT2D eigenvalue weighted by molar-refractivity contribution is -0.160. The second-order valence-corrected chi connectivity index (χ2v) is 9.41. The number of piperazine rings is 1. The summed E-state index contributed by atoms with van der Waals surface area (Å²) in [6, 6.07) is 4.29. The number of rotatable bonds is 3. The van der Waals surface area contributed by atoms with E-state index in [4.69, 9.17) is 5.73 Å². The molecule has 1 aliphatic heterocycles. The molecule has 1 saturated heterocycles. The summed E-state index contributed by atoms with van der Waals surface area (Å²) >= 11 is 0. The van der Waals surface area contributed by atoms with E-state index < -0.39 is 5.91 Å². The molecule has 1 aromatic heterocycles. The molecule has 4 bridgehead atoms. The van der Waals surface area contributed by atoms with E-state index in [0.29, 0.717) is 23.6 Å². The van der Waals surface area contributed by atoms with E-state index in [9.17, 15) is 9.90 Å². The summed E-state index contributed by atoms with van der Waals surface area (Å²) in [6.07, 6.45) is 5.68. The van der Waals surface area contributed by atoms with Gasteiger partial charge in [-0.3, -0.25) is 9.69 Å². The number of aromatic nitrogens is 1. The highest BCUT2D eigenvalue weighted by molar-refractivity contribution is 5.91.